The second-order valence-corrected chi connectivity index (χ2v) is 7.73. The van der Waals surface area contributed by atoms with Crippen LogP contribution in [0.2, 0.25) is 5.02 Å². The van der Waals surface area contributed by atoms with Gasteiger partial charge in [-0.15, -0.1) is 0 Å². The van der Waals surface area contributed by atoms with E-state index in [4.69, 9.17) is 23.8 Å². The summed E-state index contributed by atoms with van der Waals surface area (Å²) < 4.78 is 32.0. The van der Waals surface area contributed by atoms with Gasteiger partial charge >= 0.3 is 0 Å². The molecule has 0 saturated carbocycles. The molecule has 3 aromatic rings. The second-order valence-electron chi connectivity index (χ2n) is 5.52. The SMILES string of the molecule is CCNC(=S)Nc1ccc2ncc(Nc3ccc(Cl)c(S(=O)(=O)O)c3)nc2n1. The predicted molar refractivity (Wildman–Crippen MR) is 112 cm³/mol. The third-order valence-corrected chi connectivity index (χ3v) is 5.05. The number of fused-ring (bicyclic) bond motifs is 1. The summed E-state index contributed by atoms with van der Waals surface area (Å²) in [4.78, 5) is 12.6. The molecule has 1 aromatic carbocycles. The Morgan fingerprint density at radius 2 is 1.96 bits per heavy atom. The van der Waals surface area contributed by atoms with Crippen molar-refractivity contribution in [1.82, 2.24) is 20.3 Å². The minimum atomic E-state index is -4.45. The van der Waals surface area contributed by atoms with Crippen LogP contribution in [0.1, 0.15) is 6.92 Å². The van der Waals surface area contributed by atoms with Crippen LogP contribution in [0.3, 0.4) is 0 Å². The van der Waals surface area contributed by atoms with Crippen molar-refractivity contribution < 1.29 is 13.0 Å². The highest BCUT2D eigenvalue weighted by molar-refractivity contribution is 7.86. The molecular formula is C16H15ClN6O3S2. The lowest BCUT2D eigenvalue weighted by Gasteiger charge is -2.10. The molecule has 0 saturated heterocycles. The summed E-state index contributed by atoms with van der Waals surface area (Å²) in [5, 5.41) is 9.17. The number of hydrogen-bond acceptors (Lipinski definition) is 7. The highest BCUT2D eigenvalue weighted by Gasteiger charge is 2.15. The number of pyridine rings is 1. The van der Waals surface area contributed by atoms with Gasteiger partial charge in [0, 0.05) is 12.2 Å². The molecule has 0 amide bonds. The lowest BCUT2D eigenvalue weighted by Crippen LogP contribution is -2.28. The molecule has 0 aliphatic rings. The third-order valence-electron chi connectivity index (χ3n) is 3.47. The van der Waals surface area contributed by atoms with Gasteiger partial charge in [0.05, 0.1) is 11.2 Å². The van der Waals surface area contributed by atoms with Gasteiger partial charge in [0.2, 0.25) is 0 Å². The number of thiocarbonyl (C=S) groups is 1. The topological polar surface area (TPSA) is 129 Å². The van der Waals surface area contributed by atoms with Crippen LogP contribution in [0.25, 0.3) is 11.2 Å². The Hall–Kier alpha value is -2.60. The van der Waals surface area contributed by atoms with E-state index in [2.05, 4.69) is 30.9 Å². The molecule has 0 aliphatic carbocycles. The molecule has 146 valence electrons. The Morgan fingerprint density at radius 3 is 2.68 bits per heavy atom. The highest BCUT2D eigenvalue weighted by Crippen LogP contribution is 2.26. The summed E-state index contributed by atoms with van der Waals surface area (Å²) in [6.07, 6.45) is 1.47. The minimum absolute atomic E-state index is 0.0910. The maximum absolute atomic E-state index is 11.4. The molecule has 2 aromatic heterocycles. The average molecular weight is 439 g/mol. The molecule has 2 heterocycles. The third kappa shape index (κ3) is 4.81. The van der Waals surface area contributed by atoms with Crippen LogP contribution in [0.5, 0.6) is 0 Å². The van der Waals surface area contributed by atoms with E-state index in [-0.39, 0.29) is 5.02 Å². The highest BCUT2D eigenvalue weighted by atomic mass is 35.5. The van der Waals surface area contributed by atoms with Crippen molar-refractivity contribution in [2.24, 2.45) is 0 Å². The number of nitrogens with zero attached hydrogens (tertiary/aromatic N) is 3. The van der Waals surface area contributed by atoms with Crippen LogP contribution in [0.4, 0.5) is 17.3 Å². The minimum Gasteiger partial charge on any atom is -0.363 e. The first-order valence-corrected chi connectivity index (χ1v) is 10.2. The van der Waals surface area contributed by atoms with E-state index in [1.54, 1.807) is 18.2 Å². The monoisotopic (exact) mass is 438 g/mol. The van der Waals surface area contributed by atoms with Gasteiger partial charge in [-0.25, -0.2) is 15.0 Å². The van der Waals surface area contributed by atoms with Crippen LogP contribution in [0.15, 0.2) is 41.4 Å². The van der Waals surface area contributed by atoms with Crippen LogP contribution < -0.4 is 16.0 Å². The van der Waals surface area contributed by atoms with Crippen molar-refractivity contribution in [1.29, 1.82) is 0 Å². The van der Waals surface area contributed by atoms with E-state index < -0.39 is 15.0 Å². The van der Waals surface area contributed by atoms with Gasteiger partial charge in [-0.2, -0.15) is 8.42 Å². The van der Waals surface area contributed by atoms with Crippen molar-refractivity contribution in [3.63, 3.8) is 0 Å². The average Bonchev–Trinajstić information content (AvgIpc) is 2.62. The Balaban J connectivity index is 1.89. The van der Waals surface area contributed by atoms with E-state index in [0.717, 1.165) is 0 Å². The zero-order chi connectivity index (χ0) is 20.3. The quantitative estimate of drug-likeness (QED) is 0.348. The molecule has 3 rings (SSSR count). The fraction of sp³-hybridized carbons (Fsp3) is 0.125. The molecule has 0 spiro atoms. The Kier molecular flexibility index (Phi) is 5.89. The fourth-order valence-electron chi connectivity index (χ4n) is 2.28. The van der Waals surface area contributed by atoms with Crippen LogP contribution >= 0.6 is 23.8 Å². The lowest BCUT2D eigenvalue weighted by atomic mass is 10.3. The van der Waals surface area contributed by atoms with Gasteiger partial charge in [0.25, 0.3) is 10.1 Å². The van der Waals surface area contributed by atoms with Crippen LogP contribution in [-0.4, -0.2) is 39.6 Å². The molecule has 0 fully saturated rings. The van der Waals surface area contributed by atoms with Crippen molar-refractivity contribution in [3.05, 3.63) is 41.6 Å². The Morgan fingerprint density at radius 1 is 1.21 bits per heavy atom. The normalized spacial score (nSPS) is 11.2. The summed E-state index contributed by atoms with van der Waals surface area (Å²) in [6.45, 7) is 2.61. The number of anilines is 3. The molecule has 12 heteroatoms. The molecule has 0 radical (unpaired) electrons. The van der Waals surface area contributed by atoms with Gasteiger partial charge in [-0.1, -0.05) is 11.6 Å². The molecule has 28 heavy (non-hydrogen) atoms. The van der Waals surface area contributed by atoms with E-state index in [1.165, 1.54) is 18.3 Å². The summed E-state index contributed by atoms with van der Waals surface area (Å²) in [5.41, 5.74) is 1.28. The molecular weight excluding hydrogens is 424 g/mol. The number of halogens is 1. The molecule has 4 N–H and O–H groups in total. The van der Waals surface area contributed by atoms with Crippen molar-refractivity contribution in [2.75, 3.05) is 17.2 Å². The van der Waals surface area contributed by atoms with Gasteiger partial charge in [0.1, 0.15) is 16.2 Å². The Bertz CT molecular complexity index is 1160. The van der Waals surface area contributed by atoms with Crippen molar-refractivity contribution in [3.8, 4) is 0 Å². The number of nitrogens with one attached hydrogen (secondary N) is 3. The number of rotatable bonds is 5. The van der Waals surface area contributed by atoms with Gasteiger partial charge in [-0.05, 0) is 49.5 Å². The van der Waals surface area contributed by atoms with Gasteiger partial charge < -0.3 is 16.0 Å². The van der Waals surface area contributed by atoms with E-state index in [0.29, 0.717) is 40.1 Å². The molecule has 0 bridgehead atoms. The first kappa shape index (κ1) is 20.1. The summed E-state index contributed by atoms with van der Waals surface area (Å²) in [5.74, 6) is 0.833. The smallest absolute Gasteiger partial charge is 0.296 e. The zero-order valence-corrected chi connectivity index (χ0v) is 16.9. The molecule has 0 atom stereocenters. The molecule has 0 unspecified atom stereocenters. The number of aromatic nitrogens is 3. The summed E-state index contributed by atoms with van der Waals surface area (Å²) in [6, 6.07) is 7.57. The fourth-order valence-corrected chi connectivity index (χ4v) is 3.52. The van der Waals surface area contributed by atoms with Gasteiger partial charge in [-0.3, -0.25) is 4.55 Å². The maximum atomic E-state index is 11.4. The maximum Gasteiger partial charge on any atom is 0.296 e. The molecule has 9 nitrogen and oxygen atoms in total. The van der Waals surface area contributed by atoms with Crippen molar-refractivity contribution in [2.45, 2.75) is 11.8 Å². The van der Waals surface area contributed by atoms with Crippen molar-refractivity contribution >= 4 is 67.5 Å². The zero-order valence-electron chi connectivity index (χ0n) is 14.5. The van der Waals surface area contributed by atoms with E-state index in [9.17, 15) is 13.0 Å². The standard InChI is InChI=1S/C16H15ClN6O3S2/c1-2-18-16(27)23-13-6-5-11-15(21-13)22-14(8-19-11)20-9-3-4-10(17)12(7-9)28(24,25)26/h3-8H,2H2,1H3,(H,24,25,26)(H3,18,20,21,22,23,27). The Labute approximate surface area is 171 Å². The van der Waals surface area contributed by atoms with Crippen LogP contribution in [-0.2, 0) is 10.1 Å². The first-order chi connectivity index (χ1) is 13.3. The van der Waals surface area contributed by atoms with E-state index >= 15 is 0 Å². The second kappa shape index (κ2) is 8.19. The predicted octanol–water partition coefficient (Wildman–Crippen LogP) is 2.97. The summed E-state index contributed by atoms with van der Waals surface area (Å²) >= 11 is 10.9. The first-order valence-electron chi connectivity index (χ1n) is 7.99. The largest absolute Gasteiger partial charge is 0.363 e. The lowest BCUT2D eigenvalue weighted by molar-refractivity contribution is 0.483. The van der Waals surface area contributed by atoms with E-state index in [1.807, 2.05) is 6.92 Å². The van der Waals surface area contributed by atoms with Gasteiger partial charge in [0.15, 0.2) is 16.6 Å². The number of benzene rings is 1. The molecule has 0 aliphatic heterocycles. The van der Waals surface area contributed by atoms with Crippen LogP contribution in [0, 0.1) is 0 Å². The summed E-state index contributed by atoms with van der Waals surface area (Å²) in [7, 11) is -4.45. The number of hydrogen-bond donors (Lipinski definition) is 4.